The van der Waals surface area contributed by atoms with Crippen molar-refractivity contribution >= 4 is 23.0 Å². The maximum absolute atomic E-state index is 12.1. The number of benzene rings is 2. The van der Waals surface area contributed by atoms with Gasteiger partial charge in [0, 0.05) is 23.1 Å². The molecule has 144 valence electrons. The molecule has 0 saturated carbocycles. The summed E-state index contributed by atoms with van der Waals surface area (Å²) < 4.78 is 10.7. The van der Waals surface area contributed by atoms with Gasteiger partial charge in [-0.25, -0.2) is 9.59 Å². The second-order valence-electron chi connectivity index (χ2n) is 7.30. The minimum absolute atomic E-state index is 0.0137. The lowest BCUT2D eigenvalue weighted by Crippen LogP contribution is -2.06. The van der Waals surface area contributed by atoms with Gasteiger partial charge in [-0.2, -0.15) is 0 Å². The number of carbonyl (C=O) groups excluding carboxylic acids is 1. The minimum atomic E-state index is -0.460. The summed E-state index contributed by atoms with van der Waals surface area (Å²) >= 11 is 0. The maximum Gasteiger partial charge on any atom is 0.336 e. The van der Waals surface area contributed by atoms with Gasteiger partial charge in [-0.3, -0.25) is 0 Å². The van der Waals surface area contributed by atoms with E-state index in [9.17, 15) is 9.59 Å². The lowest BCUT2D eigenvalue weighted by Gasteiger charge is -2.13. The molecule has 1 heterocycles. The summed E-state index contributed by atoms with van der Waals surface area (Å²) in [6, 6.07) is 13.1. The van der Waals surface area contributed by atoms with Gasteiger partial charge in [0.1, 0.15) is 12.2 Å². The summed E-state index contributed by atoms with van der Waals surface area (Å²) in [5.74, 6) is -0.123. The largest absolute Gasteiger partial charge is 0.458 e. The third kappa shape index (κ3) is 4.58. The van der Waals surface area contributed by atoms with E-state index in [0.717, 1.165) is 22.1 Å². The third-order valence-corrected chi connectivity index (χ3v) is 4.70. The van der Waals surface area contributed by atoms with Crippen molar-refractivity contribution in [3.63, 3.8) is 0 Å². The molecule has 0 unspecified atom stereocenters. The van der Waals surface area contributed by atoms with Crippen LogP contribution in [-0.2, 0) is 16.1 Å². The Kier molecular flexibility index (Phi) is 5.78. The van der Waals surface area contributed by atoms with Crippen LogP contribution in [0.15, 0.2) is 57.8 Å². The van der Waals surface area contributed by atoms with E-state index in [4.69, 9.17) is 9.15 Å². The molecular weight excluding hydrogens is 352 g/mol. The molecule has 0 fully saturated rings. The van der Waals surface area contributed by atoms with Crippen LogP contribution in [0.4, 0.5) is 0 Å². The average Bonchev–Trinajstić information content (AvgIpc) is 2.64. The van der Waals surface area contributed by atoms with E-state index < -0.39 is 11.6 Å². The average molecular weight is 376 g/mol. The highest BCUT2D eigenvalue weighted by Gasteiger charge is 2.12. The maximum atomic E-state index is 12.1. The van der Waals surface area contributed by atoms with Gasteiger partial charge in [0.25, 0.3) is 0 Å². The Morgan fingerprint density at radius 3 is 2.50 bits per heavy atom. The monoisotopic (exact) mass is 376 g/mol. The highest BCUT2D eigenvalue weighted by atomic mass is 16.5. The summed E-state index contributed by atoms with van der Waals surface area (Å²) in [5, 5.41) is 0.796. The van der Waals surface area contributed by atoms with Crippen LogP contribution in [0.5, 0.6) is 0 Å². The van der Waals surface area contributed by atoms with E-state index in [-0.39, 0.29) is 6.61 Å². The molecule has 0 radical (unpaired) electrons. The number of esters is 1. The first kappa shape index (κ1) is 19.6. The van der Waals surface area contributed by atoms with Gasteiger partial charge in [-0.15, -0.1) is 0 Å². The second-order valence-corrected chi connectivity index (χ2v) is 7.30. The van der Waals surface area contributed by atoms with Crippen LogP contribution in [-0.4, -0.2) is 5.97 Å². The van der Waals surface area contributed by atoms with Crippen LogP contribution in [0.3, 0.4) is 0 Å². The molecular formula is C24H24O4. The van der Waals surface area contributed by atoms with E-state index in [1.165, 1.54) is 17.7 Å². The van der Waals surface area contributed by atoms with Crippen molar-refractivity contribution < 1.29 is 13.9 Å². The molecule has 0 N–H and O–H groups in total. The number of rotatable bonds is 5. The van der Waals surface area contributed by atoms with E-state index >= 15 is 0 Å². The first-order valence-electron chi connectivity index (χ1n) is 9.32. The molecule has 28 heavy (non-hydrogen) atoms. The number of ether oxygens (including phenoxy) is 1. The molecule has 1 aromatic heterocycles. The van der Waals surface area contributed by atoms with Crippen molar-refractivity contribution in [2.24, 2.45) is 0 Å². The van der Waals surface area contributed by atoms with Gasteiger partial charge in [0.2, 0.25) is 0 Å². The number of fused-ring (bicyclic) bond motifs is 1. The van der Waals surface area contributed by atoms with Crippen molar-refractivity contribution in [1.82, 2.24) is 0 Å². The van der Waals surface area contributed by atoms with Crippen molar-refractivity contribution in [3.05, 3.63) is 86.8 Å². The third-order valence-electron chi connectivity index (χ3n) is 4.70. The summed E-state index contributed by atoms with van der Waals surface area (Å²) in [6.07, 6.45) is 3.10. The van der Waals surface area contributed by atoms with Crippen LogP contribution in [0.2, 0.25) is 0 Å². The fourth-order valence-electron chi connectivity index (χ4n) is 3.17. The van der Waals surface area contributed by atoms with Gasteiger partial charge in [0.05, 0.1) is 0 Å². The Bertz CT molecular complexity index is 1090. The molecule has 3 aromatic rings. The number of hydrogen-bond donors (Lipinski definition) is 0. The van der Waals surface area contributed by atoms with Gasteiger partial charge >= 0.3 is 11.6 Å². The van der Waals surface area contributed by atoms with Gasteiger partial charge < -0.3 is 9.15 Å². The van der Waals surface area contributed by atoms with Crippen LogP contribution in [0.1, 0.15) is 47.6 Å². The fourth-order valence-corrected chi connectivity index (χ4v) is 3.17. The molecule has 0 aliphatic heterocycles. The molecule has 0 amide bonds. The van der Waals surface area contributed by atoms with Crippen molar-refractivity contribution in [1.29, 1.82) is 0 Å². The molecule has 0 atom stereocenters. The van der Waals surface area contributed by atoms with Crippen LogP contribution in [0, 0.1) is 13.8 Å². The van der Waals surface area contributed by atoms with Gasteiger partial charge in [-0.05, 0) is 54.7 Å². The van der Waals surface area contributed by atoms with Crippen LogP contribution in [0.25, 0.3) is 17.0 Å². The number of hydrogen-bond acceptors (Lipinski definition) is 4. The van der Waals surface area contributed by atoms with Crippen molar-refractivity contribution in [2.45, 2.75) is 40.2 Å². The molecule has 0 bridgehead atoms. The highest BCUT2D eigenvalue weighted by molar-refractivity contribution is 5.87. The first-order chi connectivity index (χ1) is 13.3. The Labute approximate surface area is 164 Å². The molecule has 3 rings (SSSR count). The summed E-state index contributed by atoms with van der Waals surface area (Å²) in [6.45, 7) is 8.25. The smallest absolute Gasteiger partial charge is 0.336 e. The summed E-state index contributed by atoms with van der Waals surface area (Å²) in [4.78, 5) is 24.0. The zero-order valence-electron chi connectivity index (χ0n) is 16.6. The predicted molar refractivity (Wildman–Crippen MR) is 111 cm³/mol. The van der Waals surface area contributed by atoms with Crippen LogP contribution >= 0.6 is 0 Å². The van der Waals surface area contributed by atoms with Crippen molar-refractivity contribution in [2.75, 3.05) is 0 Å². The Morgan fingerprint density at radius 2 is 1.82 bits per heavy atom. The molecule has 0 aliphatic rings. The topological polar surface area (TPSA) is 56.5 Å². The molecule has 0 aliphatic carbocycles. The lowest BCUT2D eigenvalue weighted by atomic mass is 9.95. The van der Waals surface area contributed by atoms with E-state index in [1.807, 2.05) is 50.2 Å². The van der Waals surface area contributed by atoms with E-state index in [2.05, 4.69) is 13.8 Å². The quantitative estimate of drug-likeness (QED) is 0.345. The summed E-state index contributed by atoms with van der Waals surface area (Å²) in [7, 11) is 0. The predicted octanol–water partition coefficient (Wildman–Crippen LogP) is 5.29. The van der Waals surface area contributed by atoms with Gasteiger partial charge in [0.15, 0.2) is 0 Å². The van der Waals surface area contributed by atoms with Crippen molar-refractivity contribution in [3.8, 4) is 0 Å². The Hall–Kier alpha value is -3.14. The SMILES string of the molecule is Cc1ccc(/C=C/C(=O)OCc2cc(=O)oc3cc(C)c(C(C)C)cc23)cc1. The second kappa shape index (κ2) is 8.26. The molecule has 4 heteroatoms. The molecule has 4 nitrogen and oxygen atoms in total. The zero-order chi connectivity index (χ0) is 20.3. The minimum Gasteiger partial charge on any atom is -0.458 e. The highest BCUT2D eigenvalue weighted by Crippen LogP contribution is 2.27. The standard InChI is InChI=1S/C24H24O4/c1-15(2)20-13-21-19(12-24(26)28-22(21)11-17(20)4)14-27-23(25)10-9-18-7-5-16(3)6-8-18/h5-13,15H,14H2,1-4H3/b10-9+. The zero-order valence-corrected chi connectivity index (χ0v) is 16.6. The molecule has 2 aromatic carbocycles. The van der Waals surface area contributed by atoms with Gasteiger partial charge in [-0.1, -0.05) is 43.7 Å². The molecule has 0 saturated heterocycles. The number of aryl methyl sites for hydroxylation is 2. The summed E-state index contributed by atoms with van der Waals surface area (Å²) in [5.41, 5.74) is 5.02. The fraction of sp³-hybridized carbons (Fsp3) is 0.250. The molecule has 0 spiro atoms. The normalized spacial score (nSPS) is 11.5. The van der Waals surface area contributed by atoms with E-state index in [0.29, 0.717) is 17.1 Å². The Balaban J connectivity index is 1.81. The van der Waals surface area contributed by atoms with Crippen LogP contribution < -0.4 is 5.63 Å². The first-order valence-corrected chi connectivity index (χ1v) is 9.32. The lowest BCUT2D eigenvalue weighted by molar-refractivity contribution is -0.138. The van der Waals surface area contributed by atoms with E-state index in [1.54, 1.807) is 6.08 Å². The number of carbonyl (C=O) groups is 1. The Morgan fingerprint density at radius 1 is 1.11 bits per heavy atom.